The molecule has 0 bridgehead atoms. The van der Waals surface area contributed by atoms with E-state index in [2.05, 4.69) is 32.8 Å². The van der Waals surface area contributed by atoms with Crippen molar-refractivity contribution in [2.45, 2.75) is 46.2 Å². The highest BCUT2D eigenvalue weighted by Crippen LogP contribution is 2.32. The van der Waals surface area contributed by atoms with Crippen molar-refractivity contribution in [3.63, 3.8) is 0 Å². The molecule has 0 saturated carbocycles. The molecule has 0 amide bonds. The number of fused-ring (bicyclic) bond motifs is 1. The van der Waals surface area contributed by atoms with Gasteiger partial charge in [-0.05, 0) is 53.2 Å². The van der Waals surface area contributed by atoms with Crippen LogP contribution in [0.1, 0.15) is 49.4 Å². The maximum atomic E-state index is 6.18. The van der Waals surface area contributed by atoms with E-state index >= 15 is 0 Å². The smallest absolute Gasteiger partial charge is 0.324 e. The molecule has 2 N–H and O–H groups in total. The number of ether oxygens (including phenoxy) is 1. The highest BCUT2D eigenvalue weighted by Gasteiger charge is 2.29. The van der Waals surface area contributed by atoms with E-state index < -0.39 is 0 Å². The molecule has 0 radical (unpaired) electrons. The Morgan fingerprint density at radius 2 is 1.78 bits per heavy atom. The minimum Gasteiger partial charge on any atom is -0.457 e. The third-order valence-corrected chi connectivity index (χ3v) is 4.44. The van der Waals surface area contributed by atoms with Crippen molar-refractivity contribution >= 4 is 12.4 Å². The standard InChI is InChI=1S/C19H24BNO2/c1-12(2)18-17(10-7-15-11-22-20(4)19(15)18)23-16-8-5-14(6-9-16)13(3)21/h5-10,12-13H,11,21H2,1-4H3. The van der Waals surface area contributed by atoms with Gasteiger partial charge in [-0.15, -0.1) is 0 Å². The summed E-state index contributed by atoms with van der Waals surface area (Å²) < 4.78 is 12.0. The third-order valence-electron chi connectivity index (χ3n) is 4.44. The molecular weight excluding hydrogens is 285 g/mol. The molecule has 3 nitrogen and oxygen atoms in total. The van der Waals surface area contributed by atoms with Crippen LogP contribution in [0.2, 0.25) is 6.82 Å². The lowest BCUT2D eigenvalue weighted by molar-refractivity contribution is 0.333. The van der Waals surface area contributed by atoms with Gasteiger partial charge >= 0.3 is 6.92 Å². The molecule has 4 heteroatoms. The van der Waals surface area contributed by atoms with Crippen molar-refractivity contribution < 1.29 is 9.39 Å². The van der Waals surface area contributed by atoms with Crippen LogP contribution in [0, 0.1) is 0 Å². The summed E-state index contributed by atoms with van der Waals surface area (Å²) in [5, 5.41) is 0. The zero-order valence-electron chi connectivity index (χ0n) is 14.3. The van der Waals surface area contributed by atoms with Crippen LogP contribution in [0.5, 0.6) is 11.5 Å². The molecule has 2 aromatic carbocycles. The highest BCUT2D eigenvalue weighted by molar-refractivity contribution is 6.68. The van der Waals surface area contributed by atoms with Gasteiger partial charge in [-0.1, -0.05) is 38.9 Å². The predicted molar refractivity (Wildman–Crippen MR) is 95.7 cm³/mol. The summed E-state index contributed by atoms with van der Waals surface area (Å²) in [6.45, 7) is 9.32. The molecule has 0 saturated heterocycles. The number of hydrogen-bond acceptors (Lipinski definition) is 3. The zero-order chi connectivity index (χ0) is 16.6. The van der Waals surface area contributed by atoms with Gasteiger partial charge in [0.25, 0.3) is 0 Å². The summed E-state index contributed by atoms with van der Waals surface area (Å²) in [6.07, 6.45) is 0. The van der Waals surface area contributed by atoms with Gasteiger partial charge in [0.15, 0.2) is 0 Å². The molecule has 0 spiro atoms. The molecule has 3 rings (SSSR count). The Labute approximate surface area is 138 Å². The van der Waals surface area contributed by atoms with Crippen molar-refractivity contribution in [1.29, 1.82) is 0 Å². The topological polar surface area (TPSA) is 44.5 Å². The van der Waals surface area contributed by atoms with E-state index in [0.717, 1.165) is 17.1 Å². The molecule has 2 aromatic rings. The first-order valence-corrected chi connectivity index (χ1v) is 8.28. The summed E-state index contributed by atoms with van der Waals surface area (Å²) in [5.74, 6) is 2.14. The fourth-order valence-corrected chi connectivity index (χ4v) is 3.22. The molecule has 0 aliphatic carbocycles. The number of hydrogen-bond donors (Lipinski definition) is 1. The lowest BCUT2D eigenvalue weighted by Gasteiger charge is -2.19. The minimum atomic E-state index is 0.0354. The van der Waals surface area contributed by atoms with Crippen molar-refractivity contribution in [2.75, 3.05) is 0 Å². The van der Waals surface area contributed by atoms with Crippen molar-refractivity contribution in [2.24, 2.45) is 5.73 Å². The van der Waals surface area contributed by atoms with E-state index in [9.17, 15) is 0 Å². The molecular formula is C19H24BNO2. The Hall–Kier alpha value is -1.78. The highest BCUT2D eigenvalue weighted by atomic mass is 16.5. The normalized spacial score (nSPS) is 15.0. The van der Waals surface area contributed by atoms with Gasteiger partial charge in [0.05, 0.1) is 6.61 Å². The van der Waals surface area contributed by atoms with E-state index in [-0.39, 0.29) is 13.0 Å². The summed E-state index contributed by atoms with van der Waals surface area (Å²) >= 11 is 0. The van der Waals surface area contributed by atoms with Crippen LogP contribution >= 0.6 is 0 Å². The van der Waals surface area contributed by atoms with Crippen molar-refractivity contribution in [3.05, 3.63) is 53.1 Å². The van der Waals surface area contributed by atoms with Crippen molar-refractivity contribution in [1.82, 2.24) is 0 Å². The molecule has 1 atom stereocenters. The Morgan fingerprint density at radius 1 is 1.09 bits per heavy atom. The average molecular weight is 309 g/mol. The number of benzene rings is 2. The molecule has 120 valence electrons. The van der Waals surface area contributed by atoms with E-state index in [1.54, 1.807) is 0 Å². The first-order valence-electron chi connectivity index (χ1n) is 8.28. The van der Waals surface area contributed by atoms with E-state index in [1.165, 1.54) is 16.6 Å². The second-order valence-electron chi connectivity index (χ2n) is 6.62. The van der Waals surface area contributed by atoms with Gasteiger partial charge in [0.1, 0.15) is 11.5 Å². The SMILES string of the molecule is CB1OCc2ccc(Oc3ccc(C(C)N)cc3)c(C(C)C)c21. The maximum absolute atomic E-state index is 6.18. The Balaban J connectivity index is 1.95. The molecule has 1 aliphatic heterocycles. The van der Waals surface area contributed by atoms with Gasteiger partial charge < -0.3 is 15.1 Å². The fourth-order valence-electron chi connectivity index (χ4n) is 3.22. The Bertz CT molecular complexity index is 695. The molecule has 0 aromatic heterocycles. The fraction of sp³-hybridized carbons (Fsp3) is 0.368. The van der Waals surface area contributed by atoms with Crippen LogP contribution in [-0.4, -0.2) is 6.92 Å². The van der Waals surface area contributed by atoms with Crippen LogP contribution < -0.4 is 15.9 Å². The van der Waals surface area contributed by atoms with Gasteiger partial charge in [-0.3, -0.25) is 0 Å². The second kappa shape index (κ2) is 6.38. The van der Waals surface area contributed by atoms with Crippen LogP contribution in [0.3, 0.4) is 0 Å². The van der Waals surface area contributed by atoms with E-state index in [1.807, 2.05) is 31.2 Å². The summed E-state index contributed by atoms with van der Waals surface area (Å²) in [7, 11) is 0. The van der Waals surface area contributed by atoms with Crippen LogP contribution in [0.15, 0.2) is 36.4 Å². The van der Waals surface area contributed by atoms with Crippen molar-refractivity contribution in [3.8, 4) is 11.5 Å². The van der Waals surface area contributed by atoms with E-state index in [4.69, 9.17) is 15.1 Å². The number of nitrogens with two attached hydrogens (primary N) is 1. The summed E-state index contributed by atoms with van der Waals surface area (Å²) in [6, 6.07) is 12.2. The molecule has 1 aliphatic rings. The first kappa shape index (κ1) is 16.1. The second-order valence-corrected chi connectivity index (χ2v) is 6.62. The average Bonchev–Trinajstić information content (AvgIpc) is 2.89. The Kier molecular flexibility index (Phi) is 4.47. The van der Waals surface area contributed by atoms with Gasteiger partial charge in [0, 0.05) is 6.04 Å². The maximum Gasteiger partial charge on any atom is 0.324 e. The quantitative estimate of drug-likeness (QED) is 0.869. The lowest BCUT2D eigenvalue weighted by Crippen LogP contribution is -2.29. The molecule has 1 heterocycles. The summed E-state index contributed by atoms with van der Waals surface area (Å²) in [5.41, 5.74) is 10.8. The number of rotatable bonds is 4. The predicted octanol–water partition coefficient (Wildman–Crippen LogP) is 3.98. The lowest BCUT2D eigenvalue weighted by atomic mass is 9.61. The van der Waals surface area contributed by atoms with Crippen LogP contribution in [0.25, 0.3) is 0 Å². The van der Waals surface area contributed by atoms with Crippen LogP contribution in [0.4, 0.5) is 0 Å². The van der Waals surface area contributed by atoms with Gasteiger partial charge in [0.2, 0.25) is 0 Å². The largest absolute Gasteiger partial charge is 0.457 e. The monoisotopic (exact) mass is 309 g/mol. The molecule has 0 fully saturated rings. The third kappa shape index (κ3) is 3.14. The van der Waals surface area contributed by atoms with E-state index in [0.29, 0.717) is 12.5 Å². The molecule has 23 heavy (non-hydrogen) atoms. The summed E-state index contributed by atoms with van der Waals surface area (Å²) in [4.78, 5) is 0. The van der Waals surface area contributed by atoms with Crippen LogP contribution in [-0.2, 0) is 11.3 Å². The minimum absolute atomic E-state index is 0.0354. The van der Waals surface area contributed by atoms with Gasteiger partial charge in [-0.2, -0.15) is 0 Å². The first-order chi connectivity index (χ1) is 11.0. The molecule has 1 unspecified atom stereocenters. The van der Waals surface area contributed by atoms with Gasteiger partial charge in [-0.25, -0.2) is 0 Å². The zero-order valence-corrected chi connectivity index (χ0v) is 14.3. The Morgan fingerprint density at radius 3 is 2.39 bits per heavy atom.